The van der Waals surface area contributed by atoms with Crippen LogP contribution in [0, 0.1) is 0 Å². The second kappa shape index (κ2) is 8.49. The number of thiophene rings is 1. The highest BCUT2D eigenvalue weighted by molar-refractivity contribution is 7.17. The van der Waals surface area contributed by atoms with Crippen LogP contribution in [0.5, 0.6) is 0 Å². The maximum Gasteiger partial charge on any atom is 0.264 e. The minimum Gasteiger partial charge on any atom is -0.383 e. The van der Waals surface area contributed by atoms with Crippen molar-refractivity contribution in [2.75, 3.05) is 53.0 Å². The van der Waals surface area contributed by atoms with E-state index in [1.807, 2.05) is 9.80 Å². The van der Waals surface area contributed by atoms with Gasteiger partial charge in [0.2, 0.25) is 5.91 Å². The monoisotopic (exact) mass is 385 g/mol. The van der Waals surface area contributed by atoms with Crippen molar-refractivity contribution in [3.05, 3.63) is 21.3 Å². The summed E-state index contributed by atoms with van der Waals surface area (Å²) in [6.07, 6.45) is 1.74. The second-order valence-electron chi connectivity index (χ2n) is 6.41. The molecule has 1 aromatic heterocycles. The maximum atomic E-state index is 12.6. The van der Waals surface area contributed by atoms with E-state index in [0.29, 0.717) is 28.9 Å². The summed E-state index contributed by atoms with van der Waals surface area (Å²) in [7, 11) is 1.65. The van der Waals surface area contributed by atoms with Gasteiger partial charge in [-0.1, -0.05) is 11.6 Å². The van der Waals surface area contributed by atoms with Crippen molar-refractivity contribution in [1.29, 1.82) is 0 Å². The zero-order valence-electron chi connectivity index (χ0n) is 14.4. The fourth-order valence-electron chi connectivity index (χ4n) is 3.52. The van der Waals surface area contributed by atoms with Crippen LogP contribution in [-0.2, 0) is 9.53 Å². The van der Waals surface area contributed by atoms with Gasteiger partial charge in [-0.25, -0.2) is 0 Å². The third kappa shape index (κ3) is 4.34. The van der Waals surface area contributed by atoms with Crippen LogP contribution in [0.2, 0.25) is 4.34 Å². The molecule has 0 aliphatic carbocycles. The first-order valence-electron chi connectivity index (χ1n) is 8.66. The highest BCUT2D eigenvalue weighted by Gasteiger charge is 2.36. The molecule has 2 fully saturated rings. The zero-order valence-corrected chi connectivity index (χ0v) is 16.0. The Kier molecular flexibility index (Phi) is 6.33. The van der Waals surface area contributed by atoms with Crippen molar-refractivity contribution >= 4 is 34.8 Å². The van der Waals surface area contributed by atoms with Crippen LogP contribution in [0.25, 0.3) is 0 Å². The van der Waals surface area contributed by atoms with Crippen molar-refractivity contribution in [3.63, 3.8) is 0 Å². The average molecular weight is 386 g/mol. The second-order valence-corrected chi connectivity index (χ2v) is 8.12. The van der Waals surface area contributed by atoms with E-state index in [0.717, 1.165) is 39.0 Å². The molecule has 0 radical (unpaired) electrons. The van der Waals surface area contributed by atoms with Crippen LogP contribution in [0.4, 0.5) is 0 Å². The molecule has 25 heavy (non-hydrogen) atoms. The molecule has 0 bridgehead atoms. The van der Waals surface area contributed by atoms with Crippen LogP contribution in [0.15, 0.2) is 12.1 Å². The first-order valence-corrected chi connectivity index (χ1v) is 9.86. The van der Waals surface area contributed by atoms with E-state index in [2.05, 4.69) is 4.90 Å². The largest absolute Gasteiger partial charge is 0.383 e. The topological polar surface area (TPSA) is 53.1 Å². The minimum absolute atomic E-state index is 0.0400. The predicted octanol–water partition coefficient (Wildman–Crippen LogP) is 1.80. The number of rotatable bonds is 5. The molecule has 0 aromatic carbocycles. The van der Waals surface area contributed by atoms with Gasteiger partial charge in [0.25, 0.3) is 5.91 Å². The molecule has 2 aliphatic rings. The van der Waals surface area contributed by atoms with Crippen molar-refractivity contribution in [2.24, 2.45) is 0 Å². The van der Waals surface area contributed by atoms with E-state index in [4.69, 9.17) is 16.3 Å². The fourth-order valence-corrected chi connectivity index (χ4v) is 4.53. The van der Waals surface area contributed by atoms with Gasteiger partial charge in [-0.2, -0.15) is 0 Å². The normalized spacial score (nSPS) is 22.5. The van der Waals surface area contributed by atoms with Crippen LogP contribution < -0.4 is 0 Å². The summed E-state index contributed by atoms with van der Waals surface area (Å²) in [5, 5.41) is 0. The van der Waals surface area contributed by atoms with Gasteiger partial charge in [-0.15, -0.1) is 11.3 Å². The molecule has 2 amide bonds. The fraction of sp³-hybridized carbons (Fsp3) is 0.647. The molecule has 1 aromatic rings. The number of amides is 2. The van der Waals surface area contributed by atoms with Crippen LogP contribution >= 0.6 is 22.9 Å². The highest BCUT2D eigenvalue weighted by Crippen LogP contribution is 2.24. The number of methoxy groups -OCH3 is 1. The standard InChI is InChI=1S/C17H24ClN3O3S/c1-24-12-11-21-8-5-13(16(21)22)19-6-2-7-20(10-9-19)17(23)14-3-4-15(18)25-14/h3-4,13H,2,5-12H2,1H3/t13-/m0/s1. The Labute approximate surface area is 157 Å². The summed E-state index contributed by atoms with van der Waals surface area (Å²) in [5.41, 5.74) is 0. The van der Waals surface area contributed by atoms with Gasteiger partial charge in [0.1, 0.15) is 0 Å². The van der Waals surface area contributed by atoms with E-state index in [9.17, 15) is 9.59 Å². The Bertz CT molecular complexity index is 624. The lowest BCUT2D eigenvalue weighted by atomic mass is 10.2. The van der Waals surface area contributed by atoms with E-state index < -0.39 is 0 Å². The van der Waals surface area contributed by atoms with E-state index >= 15 is 0 Å². The van der Waals surface area contributed by atoms with Gasteiger partial charge >= 0.3 is 0 Å². The molecule has 138 valence electrons. The Morgan fingerprint density at radius 2 is 2.12 bits per heavy atom. The number of hydrogen-bond acceptors (Lipinski definition) is 5. The Hall–Kier alpha value is -1.15. The van der Waals surface area contributed by atoms with Crippen molar-refractivity contribution in [2.45, 2.75) is 18.9 Å². The first-order chi connectivity index (χ1) is 12.1. The van der Waals surface area contributed by atoms with Gasteiger partial charge in [0, 0.05) is 46.4 Å². The molecule has 2 aliphatic heterocycles. The zero-order chi connectivity index (χ0) is 17.8. The van der Waals surface area contributed by atoms with E-state index in [1.54, 1.807) is 19.2 Å². The lowest BCUT2D eigenvalue weighted by molar-refractivity contribution is -0.132. The number of hydrogen-bond donors (Lipinski definition) is 0. The number of carbonyl (C=O) groups excluding carboxylic acids is 2. The summed E-state index contributed by atoms with van der Waals surface area (Å²) in [5.74, 6) is 0.236. The Morgan fingerprint density at radius 1 is 1.28 bits per heavy atom. The quantitative estimate of drug-likeness (QED) is 0.775. The molecule has 8 heteroatoms. The third-order valence-electron chi connectivity index (χ3n) is 4.88. The Balaban J connectivity index is 1.57. The number of likely N-dealkylation sites (tertiary alicyclic amines) is 1. The molecule has 0 unspecified atom stereocenters. The predicted molar refractivity (Wildman–Crippen MR) is 98.3 cm³/mol. The first kappa shape index (κ1) is 18.6. The molecular weight excluding hydrogens is 362 g/mol. The van der Waals surface area contributed by atoms with Crippen molar-refractivity contribution in [1.82, 2.24) is 14.7 Å². The molecular formula is C17H24ClN3O3S. The molecule has 0 N–H and O–H groups in total. The summed E-state index contributed by atoms with van der Waals surface area (Å²) >= 11 is 7.26. The number of ether oxygens (including phenoxy) is 1. The molecule has 1 atom stereocenters. The smallest absolute Gasteiger partial charge is 0.264 e. The lowest BCUT2D eigenvalue weighted by Crippen LogP contribution is -2.44. The number of nitrogens with zero attached hydrogens (tertiary/aromatic N) is 3. The summed E-state index contributed by atoms with van der Waals surface area (Å²) in [6, 6.07) is 3.49. The summed E-state index contributed by atoms with van der Waals surface area (Å²) < 4.78 is 5.71. The highest BCUT2D eigenvalue weighted by atomic mass is 35.5. The van der Waals surface area contributed by atoms with Gasteiger partial charge in [0.05, 0.1) is 21.9 Å². The molecule has 0 saturated carbocycles. The van der Waals surface area contributed by atoms with Gasteiger partial charge in [-0.3, -0.25) is 14.5 Å². The van der Waals surface area contributed by atoms with Crippen LogP contribution in [0.1, 0.15) is 22.5 Å². The molecule has 2 saturated heterocycles. The number of carbonyl (C=O) groups is 2. The molecule has 0 spiro atoms. The molecule has 3 heterocycles. The van der Waals surface area contributed by atoms with E-state index in [-0.39, 0.29) is 17.9 Å². The summed E-state index contributed by atoms with van der Waals surface area (Å²) in [4.78, 5) is 31.9. The van der Waals surface area contributed by atoms with Crippen molar-refractivity contribution < 1.29 is 14.3 Å². The van der Waals surface area contributed by atoms with Crippen LogP contribution in [-0.4, -0.2) is 85.5 Å². The van der Waals surface area contributed by atoms with Gasteiger partial charge < -0.3 is 14.5 Å². The molecule has 6 nitrogen and oxygen atoms in total. The average Bonchev–Trinajstić information content (AvgIpc) is 3.10. The van der Waals surface area contributed by atoms with Crippen LogP contribution in [0.3, 0.4) is 0 Å². The van der Waals surface area contributed by atoms with E-state index in [1.165, 1.54) is 11.3 Å². The van der Waals surface area contributed by atoms with Gasteiger partial charge in [0.15, 0.2) is 0 Å². The summed E-state index contributed by atoms with van der Waals surface area (Å²) in [6.45, 7) is 4.98. The minimum atomic E-state index is -0.0527. The third-order valence-corrected chi connectivity index (χ3v) is 6.10. The Morgan fingerprint density at radius 3 is 2.84 bits per heavy atom. The SMILES string of the molecule is COCCN1CC[C@H](N2CCCN(C(=O)c3ccc(Cl)s3)CC2)C1=O. The lowest BCUT2D eigenvalue weighted by Gasteiger charge is -2.26. The molecule has 3 rings (SSSR count). The number of halogens is 1. The maximum absolute atomic E-state index is 12.6. The van der Waals surface area contributed by atoms with Crippen molar-refractivity contribution in [3.8, 4) is 0 Å². The van der Waals surface area contributed by atoms with Gasteiger partial charge in [-0.05, 0) is 25.0 Å².